The zero-order valence-electron chi connectivity index (χ0n) is 20.9. The molecule has 3 aromatic rings. The van der Waals surface area contributed by atoms with Gasteiger partial charge < -0.3 is 5.32 Å². The molecule has 2 aromatic heterocycles. The van der Waals surface area contributed by atoms with E-state index in [9.17, 15) is 4.79 Å². The average Bonchev–Trinajstić information content (AvgIpc) is 3.59. The number of nitrogens with one attached hydrogen (secondary N) is 1. The lowest BCUT2D eigenvalue weighted by Crippen LogP contribution is -2.32. The molecule has 1 aliphatic carbocycles. The second kappa shape index (κ2) is 9.00. The Morgan fingerprint density at radius 3 is 2.56 bits per heavy atom. The predicted molar refractivity (Wildman–Crippen MR) is 141 cm³/mol. The maximum absolute atomic E-state index is 13.7. The predicted octanol–water partition coefficient (Wildman–Crippen LogP) is 5.48. The van der Waals surface area contributed by atoms with Gasteiger partial charge in [0, 0.05) is 48.4 Å². The Morgan fingerprint density at radius 2 is 1.88 bits per heavy atom. The number of carbonyl (C=O) groups is 1. The molecule has 5 rings (SSSR count). The number of hydrogen-bond acceptors (Lipinski definition) is 5. The van der Waals surface area contributed by atoms with Crippen molar-refractivity contribution in [3.63, 3.8) is 0 Å². The third-order valence-corrected chi connectivity index (χ3v) is 7.71. The van der Waals surface area contributed by atoms with Crippen LogP contribution in [0.3, 0.4) is 0 Å². The van der Waals surface area contributed by atoms with Crippen molar-refractivity contribution in [2.24, 2.45) is 0 Å². The number of carbonyl (C=O) groups excluding carboxylic acids is 1. The summed E-state index contributed by atoms with van der Waals surface area (Å²) in [5, 5.41) is 8.89. The topological polar surface area (TPSA) is 63.1 Å². The molecule has 2 aliphatic rings. The van der Waals surface area contributed by atoms with Crippen LogP contribution >= 0.6 is 11.8 Å². The monoisotopic (exact) mass is 477 g/mol. The lowest BCUT2D eigenvalue weighted by molar-refractivity contribution is 0.102. The highest BCUT2D eigenvalue weighted by atomic mass is 32.2. The van der Waals surface area contributed by atoms with Gasteiger partial charge in [0.15, 0.2) is 5.65 Å². The number of aromatic nitrogens is 3. The molecule has 6 nitrogen and oxygen atoms in total. The molecule has 2 fully saturated rings. The second-order valence-corrected chi connectivity index (χ2v) is 12.0. The third-order valence-electron chi connectivity index (χ3n) is 6.77. The van der Waals surface area contributed by atoms with Gasteiger partial charge in [-0.1, -0.05) is 12.1 Å². The summed E-state index contributed by atoms with van der Waals surface area (Å²) in [6.45, 7) is 13.6. The standard InChI is InChI=1S/C27H35N5OS/c1-17-6-7-19(16-31-10-12-34-13-11-31)14-22(17)29-26(33)21-15-23(20-8-9-20)28-25-24(21)18(2)30-32(25)27(3,4)5/h6-7,14-15,20H,8-13,16H2,1-5H3,(H,29,33). The van der Waals surface area contributed by atoms with Crippen LogP contribution in [0, 0.1) is 13.8 Å². The molecule has 1 aliphatic heterocycles. The number of nitrogens with zero attached hydrogens (tertiary/aromatic N) is 4. The molecule has 3 heterocycles. The number of rotatable bonds is 5. The summed E-state index contributed by atoms with van der Waals surface area (Å²) in [6, 6.07) is 8.44. The van der Waals surface area contributed by atoms with Gasteiger partial charge in [-0.3, -0.25) is 9.69 Å². The minimum atomic E-state index is -0.215. The lowest BCUT2D eigenvalue weighted by Gasteiger charge is -2.26. The maximum Gasteiger partial charge on any atom is 0.256 e. The highest BCUT2D eigenvalue weighted by Gasteiger charge is 2.30. The van der Waals surface area contributed by atoms with Crippen LogP contribution in [-0.2, 0) is 12.1 Å². The van der Waals surface area contributed by atoms with E-state index < -0.39 is 0 Å². The summed E-state index contributed by atoms with van der Waals surface area (Å²) in [5.41, 5.74) is 6.32. The number of amides is 1. The van der Waals surface area contributed by atoms with Crippen LogP contribution in [0.1, 0.15) is 72.4 Å². The molecular weight excluding hydrogens is 442 g/mol. The second-order valence-electron chi connectivity index (χ2n) is 10.7. The molecule has 0 unspecified atom stereocenters. The number of hydrogen-bond donors (Lipinski definition) is 1. The molecule has 0 atom stereocenters. The van der Waals surface area contributed by atoms with Gasteiger partial charge in [0.1, 0.15) is 0 Å². The van der Waals surface area contributed by atoms with Crippen LogP contribution in [0.25, 0.3) is 11.0 Å². The van der Waals surface area contributed by atoms with Crippen LogP contribution in [0.15, 0.2) is 24.3 Å². The van der Waals surface area contributed by atoms with E-state index in [0.717, 1.165) is 66.1 Å². The molecule has 0 radical (unpaired) electrons. The fourth-order valence-electron chi connectivity index (χ4n) is 4.65. The van der Waals surface area contributed by atoms with E-state index in [1.165, 1.54) is 17.1 Å². The van der Waals surface area contributed by atoms with E-state index in [0.29, 0.717) is 11.5 Å². The molecule has 1 N–H and O–H groups in total. The number of fused-ring (bicyclic) bond motifs is 1. The van der Waals surface area contributed by atoms with Gasteiger partial charge in [0.25, 0.3) is 5.91 Å². The Kier molecular flexibility index (Phi) is 6.19. The summed E-state index contributed by atoms with van der Waals surface area (Å²) < 4.78 is 1.98. The Bertz CT molecular complexity index is 1230. The zero-order chi connectivity index (χ0) is 24.0. The Morgan fingerprint density at radius 1 is 1.15 bits per heavy atom. The fraction of sp³-hybridized carbons (Fsp3) is 0.519. The van der Waals surface area contributed by atoms with Crippen molar-refractivity contribution in [1.82, 2.24) is 19.7 Å². The van der Waals surface area contributed by atoms with Crippen molar-refractivity contribution in [2.45, 2.75) is 65.5 Å². The van der Waals surface area contributed by atoms with Crippen LogP contribution < -0.4 is 5.32 Å². The number of benzene rings is 1. The highest BCUT2D eigenvalue weighted by molar-refractivity contribution is 7.99. The van der Waals surface area contributed by atoms with Crippen LogP contribution in [0.2, 0.25) is 0 Å². The lowest BCUT2D eigenvalue weighted by atomic mass is 10.0. The SMILES string of the molecule is Cc1ccc(CN2CCSCC2)cc1NC(=O)c1cc(C2CC2)nc2c1c(C)nn2C(C)(C)C. The van der Waals surface area contributed by atoms with Gasteiger partial charge in [0.2, 0.25) is 0 Å². The van der Waals surface area contributed by atoms with E-state index in [1.54, 1.807) is 0 Å². The first-order valence-corrected chi connectivity index (χ1v) is 13.5. The summed E-state index contributed by atoms with van der Waals surface area (Å²) in [4.78, 5) is 21.2. The van der Waals surface area contributed by atoms with E-state index in [4.69, 9.17) is 10.1 Å². The highest BCUT2D eigenvalue weighted by Crippen LogP contribution is 2.41. The van der Waals surface area contributed by atoms with Gasteiger partial charge >= 0.3 is 0 Å². The van der Waals surface area contributed by atoms with E-state index in [2.05, 4.69) is 56.1 Å². The molecule has 180 valence electrons. The zero-order valence-corrected chi connectivity index (χ0v) is 21.8. The minimum absolute atomic E-state index is 0.0829. The summed E-state index contributed by atoms with van der Waals surface area (Å²) in [5.74, 6) is 2.75. The smallest absolute Gasteiger partial charge is 0.256 e. The van der Waals surface area contributed by atoms with E-state index in [1.807, 2.05) is 29.4 Å². The molecule has 0 spiro atoms. The first kappa shape index (κ1) is 23.4. The molecule has 1 amide bonds. The molecule has 1 saturated heterocycles. The third kappa shape index (κ3) is 4.73. The van der Waals surface area contributed by atoms with Crippen molar-refractivity contribution in [1.29, 1.82) is 0 Å². The average molecular weight is 478 g/mol. The number of aryl methyl sites for hydroxylation is 2. The van der Waals surface area contributed by atoms with Gasteiger partial charge in [-0.05, 0) is 70.7 Å². The normalized spacial score (nSPS) is 17.3. The maximum atomic E-state index is 13.7. The molecule has 7 heteroatoms. The molecule has 0 bridgehead atoms. The van der Waals surface area contributed by atoms with Crippen LogP contribution in [0.5, 0.6) is 0 Å². The quantitative estimate of drug-likeness (QED) is 0.527. The first-order valence-electron chi connectivity index (χ1n) is 12.3. The number of pyridine rings is 1. The molecule has 34 heavy (non-hydrogen) atoms. The van der Waals surface area contributed by atoms with Crippen molar-refractivity contribution >= 4 is 34.4 Å². The van der Waals surface area contributed by atoms with Crippen molar-refractivity contribution in [3.8, 4) is 0 Å². The number of thioether (sulfide) groups is 1. The number of anilines is 1. The van der Waals surface area contributed by atoms with Gasteiger partial charge in [0.05, 0.1) is 22.2 Å². The molecular formula is C27H35N5OS. The first-order chi connectivity index (χ1) is 16.2. The van der Waals surface area contributed by atoms with Crippen molar-refractivity contribution in [2.75, 3.05) is 29.9 Å². The Balaban J connectivity index is 1.49. The van der Waals surface area contributed by atoms with Gasteiger partial charge in [-0.25, -0.2) is 9.67 Å². The summed E-state index contributed by atoms with van der Waals surface area (Å²) in [6.07, 6.45) is 2.27. The van der Waals surface area contributed by atoms with Crippen molar-refractivity contribution < 1.29 is 4.79 Å². The molecule has 1 saturated carbocycles. The molecule has 1 aromatic carbocycles. The van der Waals surface area contributed by atoms with E-state index in [-0.39, 0.29) is 11.4 Å². The summed E-state index contributed by atoms with van der Waals surface area (Å²) in [7, 11) is 0. The summed E-state index contributed by atoms with van der Waals surface area (Å²) >= 11 is 2.02. The Hall–Kier alpha value is -2.38. The van der Waals surface area contributed by atoms with Gasteiger partial charge in [-0.2, -0.15) is 16.9 Å². The van der Waals surface area contributed by atoms with Crippen molar-refractivity contribution in [3.05, 3.63) is 52.3 Å². The minimum Gasteiger partial charge on any atom is -0.322 e. The largest absolute Gasteiger partial charge is 0.322 e. The fourth-order valence-corrected chi connectivity index (χ4v) is 5.63. The van der Waals surface area contributed by atoms with Gasteiger partial charge in [-0.15, -0.1) is 0 Å². The van der Waals surface area contributed by atoms with E-state index >= 15 is 0 Å². The van der Waals surface area contributed by atoms with Crippen LogP contribution in [0.4, 0.5) is 5.69 Å². The Labute approximate surface area is 206 Å². The van der Waals surface area contributed by atoms with Crippen LogP contribution in [-0.4, -0.2) is 50.2 Å².